The van der Waals surface area contributed by atoms with Crippen molar-refractivity contribution in [3.8, 4) is 5.69 Å². The van der Waals surface area contributed by atoms with Crippen LogP contribution in [0, 0.1) is 5.82 Å². The van der Waals surface area contributed by atoms with E-state index in [4.69, 9.17) is 16.3 Å². The summed E-state index contributed by atoms with van der Waals surface area (Å²) in [7, 11) is 0. The van der Waals surface area contributed by atoms with Gasteiger partial charge in [0.25, 0.3) is 5.56 Å². The SMILES string of the molecule is CCOC(=O)c1nn(-c2ccc(Cl)cc2)c(=O)c2c(NC(=O)Cc3ccc(F)cc3)scc12. The fraction of sp³-hybridized carbons (Fsp3) is 0.130. The van der Waals surface area contributed by atoms with Crippen molar-refractivity contribution in [1.29, 1.82) is 0 Å². The van der Waals surface area contributed by atoms with Crippen LogP contribution in [0.15, 0.2) is 58.7 Å². The number of ether oxygens (including phenoxy) is 1. The summed E-state index contributed by atoms with van der Waals surface area (Å²) in [6.45, 7) is 1.80. The van der Waals surface area contributed by atoms with Crippen molar-refractivity contribution >= 4 is 50.6 Å². The first-order valence-corrected chi connectivity index (χ1v) is 11.1. The first kappa shape index (κ1) is 22.6. The summed E-state index contributed by atoms with van der Waals surface area (Å²) >= 11 is 7.05. The van der Waals surface area contributed by atoms with Crippen molar-refractivity contribution in [2.45, 2.75) is 13.3 Å². The van der Waals surface area contributed by atoms with E-state index in [0.717, 1.165) is 16.0 Å². The molecule has 1 N–H and O–H groups in total. The van der Waals surface area contributed by atoms with Gasteiger partial charge >= 0.3 is 5.97 Å². The molecular weight excluding hydrogens is 469 g/mol. The van der Waals surface area contributed by atoms with E-state index in [2.05, 4.69) is 10.4 Å². The number of amides is 1. The van der Waals surface area contributed by atoms with Crippen LogP contribution in [0.1, 0.15) is 23.0 Å². The third kappa shape index (κ3) is 4.79. The molecule has 10 heteroatoms. The Morgan fingerprint density at radius 1 is 1.15 bits per heavy atom. The molecule has 33 heavy (non-hydrogen) atoms. The monoisotopic (exact) mass is 485 g/mol. The number of nitrogens with one attached hydrogen (secondary N) is 1. The van der Waals surface area contributed by atoms with E-state index in [0.29, 0.717) is 16.3 Å². The molecule has 0 bridgehead atoms. The Morgan fingerprint density at radius 2 is 1.85 bits per heavy atom. The maximum atomic E-state index is 13.3. The summed E-state index contributed by atoms with van der Waals surface area (Å²) in [6, 6.07) is 11.9. The number of aromatic nitrogens is 2. The second-order valence-electron chi connectivity index (χ2n) is 6.97. The fourth-order valence-electron chi connectivity index (χ4n) is 3.21. The standard InChI is InChI=1S/C23H17ClFN3O4S/c1-2-32-23(31)20-17-12-33-21(26-18(29)11-13-3-7-15(25)8-4-13)19(17)22(30)28(27-20)16-9-5-14(24)6-10-16/h3-10,12H,2,11H2,1H3,(H,26,29). The number of anilines is 1. The fourth-order valence-corrected chi connectivity index (χ4v) is 4.29. The molecule has 1 amide bonds. The molecule has 0 atom stereocenters. The van der Waals surface area contributed by atoms with Gasteiger partial charge in [-0.05, 0) is 48.9 Å². The number of halogens is 2. The van der Waals surface area contributed by atoms with Crippen LogP contribution in [0.3, 0.4) is 0 Å². The van der Waals surface area contributed by atoms with Crippen LogP contribution in [0.5, 0.6) is 0 Å². The van der Waals surface area contributed by atoms with Crippen LogP contribution < -0.4 is 10.9 Å². The van der Waals surface area contributed by atoms with Crippen molar-refractivity contribution in [1.82, 2.24) is 9.78 Å². The third-order valence-corrected chi connectivity index (χ3v) is 5.87. The largest absolute Gasteiger partial charge is 0.461 e. The highest BCUT2D eigenvalue weighted by molar-refractivity contribution is 7.16. The lowest BCUT2D eigenvalue weighted by Gasteiger charge is -2.10. The molecule has 4 aromatic rings. The van der Waals surface area contributed by atoms with Crippen LogP contribution in [0.25, 0.3) is 16.5 Å². The molecule has 2 aromatic carbocycles. The van der Waals surface area contributed by atoms with Gasteiger partial charge in [-0.15, -0.1) is 11.3 Å². The van der Waals surface area contributed by atoms with Crippen molar-refractivity contribution < 1.29 is 18.7 Å². The Kier molecular flexibility index (Phi) is 6.52. The molecule has 168 valence electrons. The molecule has 2 heterocycles. The van der Waals surface area contributed by atoms with Crippen LogP contribution in [0.2, 0.25) is 5.02 Å². The molecule has 0 spiro atoms. The minimum atomic E-state index is -0.688. The van der Waals surface area contributed by atoms with E-state index in [9.17, 15) is 18.8 Å². The van der Waals surface area contributed by atoms with Crippen LogP contribution in [0.4, 0.5) is 9.39 Å². The number of hydrogen-bond acceptors (Lipinski definition) is 6. The Hall–Kier alpha value is -3.56. The van der Waals surface area contributed by atoms with Gasteiger partial charge in [-0.1, -0.05) is 23.7 Å². The minimum absolute atomic E-state index is 0.0130. The van der Waals surface area contributed by atoms with E-state index >= 15 is 0 Å². The number of hydrogen-bond donors (Lipinski definition) is 1. The molecule has 4 rings (SSSR count). The Morgan fingerprint density at radius 3 is 2.52 bits per heavy atom. The number of carbonyl (C=O) groups is 2. The van der Waals surface area contributed by atoms with Gasteiger partial charge in [-0.25, -0.2) is 9.18 Å². The van der Waals surface area contributed by atoms with Crippen LogP contribution in [-0.4, -0.2) is 28.3 Å². The van der Waals surface area contributed by atoms with Crippen molar-refractivity contribution in [2.75, 3.05) is 11.9 Å². The summed E-state index contributed by atoms with van der Waals surface area (Å²) in [5, 5.41) is 9.71. The van der Waals surface area contributed by atoms with Crippen molar-refractivity contribution in [3.63, 3.8) is 0 Å². The average Bonchev–Trinajstić information content (AvgIpc) is 3.20. The van der Waals surface area contributed by atoms with Crippen molar-refractivity contribution in [3.05, 3.63) is 86.4 Å². The third-order valence-electron chi connectivity index (χ3n) is 4.72. The van der Waals surface area contributed by atoms with Crippen LogP contribution >= 0.6 is 22.9 Å². The zero-order valence-electron chi connectivity index (χ0n) is 17.3. The number of fused-ring (bicyclic) bond motifs is 1. The predicted octanol–water partition coefficient (Wildman–Crippen LogP) is 4.60. The lowest BCUT2D eigenvalue weighted by molar-refractivity contribution is -0.115. The van der Waals surface area contributed by atoms with Gasteiger partial charge in [0.15, 0.2) is 5.69 Å². The van der Waals surface area contributed by atoms with Gasteiger partial charge < -0.3 is 10.1 Å². The molecule has 0 saturated carbocycles. The van der Waals surface area contributed by atoms with Gasteiger partial charge in [0, 0.05) is 15.8 Å². The molecule has 0 aliphatic carbocycles. The minimum Gasteiger partial charge on any atom is -0.461 e. The average molecular weight is 486 g/mol. The Bertz CT molecular complexity index is 1400. The lowest BCUT2D eigenvalue weighted by Crippen LogP contribution is -2.25. The summed E-state index contributed by atoms with van der Waals surface area (Å²) in [5.74, 6) is -1.48. The number of nitrogens with zero attached hydrogens (tertiary/aromatic N) is 2. The topological polar surface area (TPSA) is 90.3 Å². The molecule has 2 aromatic heterocycles. The summed E-state index contributed by atoms with van der Waals surface area (Å²) in [6.07, 6.45) is -0.0130. The highest BCUT2D eigenvalue weighted by Crippen LogP contribution is 2.31. The maximum Gasteiger partial charge on any atom is 0.359 e. The van der Waals surface area contributed by atoms with E-state index in [1.54, 1.807) is 36.6 Å². The second-order valence-corrected chi connectivity index (χ2v) is 8.28. The second kappa shape index (κ2) is 9.51. The quantitative estimate of drug-likeness (QED) is 0.403. The van der Waals surface area contributed by atoms with Gasteiger partial charge in [0.1, 0.15) is 10.8 Å². The zero-order chi connectivity index (χ0) is 23.5. The van der Waals surface area contributed by atoms with Gasteiger partial charge in [0.05, 0.1) is 24.1 Å². The first-order valence-electron chi connectivity index (χ1n) is 9.89. The van der Waals surface area contributed by atoms with Crippen LogP contribution in [-0.2, 0) is 16.0 Å². The number of carbonyl (C=O) groups excluding carboxylic acids is 2. The highest BCUT2D eigenvalue weighted by atomic mass is 35.5. The van der Waals surface area contributed by atoms with Gasteiger partial charge in [0.2, 0.25) is 5.91 Å². The molecule has 0 fully saturated rings. The number of rotatable bonds is 6. The number of benzene rings is 2. The van der Waals surface area contributed by atoms with Gasteiger partial charge in [-0.2, -0.15) is 9.78 Å². The van der Waals surface area contributed by atoms with Gasteiger partial charge in [-0.3, -0.25) is 9.59 Å². The van der Waals surface area contributed by atoms with E-state index < -0.39 is 23.3 Å². The van der Waals surface area contributed by atoms with E-state index in [1.807, 2.05) is 0 Å². The normalized spacial score (nSPS) is 10.9. The molecule has 0 aliphatic rings. The van der Waals surface area contributed by atoms with E-state index in [-0.39, 0.29) is 34.5 Å². The molecule has 0 radical (unpaired) electrons. The molecular formula is C23H17ClFN3O4S. The zero-order valence-corrected chi connectivity index (χ0v) is 18.9. The summed E-state index contributed by atoms with van der Waals surface area (Å²) in [5.41, 5.74) is 0.448. The first-order chi connectivity index (χ1) is 15.9. The predicted molar refractivity (Wildman–Crippen MR) is 125 cm³/mol. The van der Waals surface area contributed by atoms with Crippen molar-refractivity contribution in [2.24, 2.45) is 0 Å². The Labute approximate surface area is 196 Å². The molecule has 7 nitrogen and oxygen atoms in total. The highest BCUT2D eigenvalue weighted by Gasteiger charge is 2.23. The Balaban J connectivity index is 1.78. The maximum absolute atomic E-state index is 13.3. The lowest BCUT2D eigenvalue weighted by atomic mass is 10.1. The smallest absolute Gasteiger partial charge is 0.359 e. The number of esters is 1. The summed E-state index contributed by atoms with van der Waals surface area (Å²) < 4.78 is 19.3. The summed E-state index contributed by atoms with van der Waals surface area (Å²) in [4.78, 5) is 38.5. The molecule has 0 saturated heterocycles. The molecule has 0 unspecified atom stereocenters. The van der Waals surface area contributed by atoms with E-state index in [1.165, 1.54) is 24.3 Å². The molecule has 0 aliphatic heterocycles. The number of thiophene rings is 1.